The molecule has 34 heavy (non-hydrogen) atoms. The van der Waals surface area contributed by atoms with Crippen molar-refractivity contribution in [1.29, 1.82) is 0 Å². The zero-order chi connectivity index (χ0) is 24.5. The van der Waals surface area contributed by atoms with Crippen LogP contribution in [0.2, 0.25) is 0 Å². The minimum absolute atomic E-state index is 0.150. The van der Waals surface area contributed by atoms with Gasteiger partial charge in [-0.15, -0.1) is 0 Å². The summed E-state index contributed by atoms with van der Waals surface area (Å²) in [6.45, 7) is 2.49. The lowest BCUT2D eigenvalue weighted by Crippen LogP contribution is -2.38. The molecule has 0 radical (unpaired) electrons. The number of amides is 1. The van der Waals surface area contributed by atoms with Crippen molar-refractivity contribution in [3.63, 3.8) is 0 Å². The number of piperidine rings is 1. The highest BCUT2D eigenvalue weighted by Crippen LogP contribution is 2.33. The fraction of sp³-hybridized carbons (Fsp3) is 0.250. The van der Waals surface area contributed by atoms with Gasteiger partial charge in [-0.1, -0.05) is 28.1 Å². The van der Waals surface area contributed by atoms with Crippen LogP contribution in [0.1, 0.15) is 40.2 Å². The molecular weight excluding hydrogens is 525 g/mol. The molecule has 7 nitrogen and oxygen atoms in total. The Balaban J connectivity index is 1.61. The average Bonchev–Trinajstić information content (AvgIpc) is 2.81. The summed E-state index contributed by atoms with van der Waals surface area (Å²) in [5.41, 5.74) is 2.32. The Kier molecular flexibility index (Phi) is 7.01. The lowest BCUT2D eigenvalue weighted by molar-refractivity contribution is 0.0713. The van der Waals surface area contributed by atoms with Crippen molar-refractivity contribution in [2.45, 2.75) is 30.7 Å². The summed E-state index contributed by atoms with van der Waals surface area (Å²) in [5, 5.41) is 2.62. The summed E-state index contributed by atoms with van der Waals surface area (Å²) in [6.07, 6.45) is 2.64. The van der Waals surface area contributed by atoms with E-state index in [-0.39, 0.29) is 34.5 Å². The van der Waals surface area contributed by atoms with Gasteiger partial charge in [0.15, 0.2) is 5.03 Å². The maximum Gasteiger partial charge on any atom is 0.312 e. The molecule has 2 N–H and O–H groups in total. The fourth-order valence-electron chi connectivity index (χ4n) is 4.18. The first-order valence-corrected chi connectivity index (χ1v) is 12.9. The second kappa shape index (κ2) is 9.81. The normalized spacial score (nSPS) is 14.8. The number of aromatic nitrogens is 1. The summed E-state index contributed by atoms with van der Waals surface area (Å²) in [4.78, 5) is 19.0. The summed E-state index contributed by atoms with van der Waals surface area (Å²) >= 11 is 3.37. The number of nitrogens with zero attached hydrogens (tertiary/aromatic N) is 2. The smallest absolute Gasteiger partial charge is 0.312 e. The van der Waals surface area contributed by atoms with Crippen LogP contribution in [0.15, 0.2) is 64.2 Å². The molecule has 1 saturated heterocycles. The van der Waals surface area contributed by atoms with Crippen molar-refractivity contribution in [3.8, 4) is 0 Å². The van der Waals surface area contributed by atoms with E-state index in [2.05, 4.69) is 26.2 Å². The quantitative estimate of drug-likeness (QED) is 0.420. The number of rotatable bonds is 5. The Labute approximate surface area is 205 Å². The minimum atomic E-state index is -4.57. The number of carbonyl (C=O) groups is 1. The van der Waals surface area contributed by atoms with E-state index in [4.69, 9.17) is 0 Å². The molecule has 0 spiro atoms. The third-order valence-corrected chi connectivity index (χ3v) is 7.42. The van der Waals surface area contributed by atoms with E-state index in [9.17, 15) is 22.2 Å². The number of nitrogens with one attached hydrogen (secondary N) is 1. The number of anilines is 2. The van der Waals surface area contributed by atoms with Gasteiger partial charge in [0.25, 0.3) is 5.91 Å². The molecule has 1 aliphatic heterocycles. The Morgan fingerprint density at radius 3 is 2.32 bits per heavy atom. The first-order chi connectivity index (χ1) is 16.1. The lowest BCUT2D eigenvalue weighted by atomic mass is 9.89. The molecule has 0 atom stereocenters. The molecule has 2 aromatic carbocycles. The van der Waals surface area contributed by atoms with Crippen molar-refractivity contribution < 1.29 is 22.2 Å². The Morgan fingerprint density at radius 2 is 1.74 bits per heavy atom. The molecule has 178 valence electrons. The molecule has 2 heterocycles. The number of pyridine rings is 1. The van der Waals surface area contributed by atoms with Crippen LogP contribution in [-0.2, 0) is 10.1 Å². The monoisotopic (exact) mass is 547 g/mol. The SMILES string of the molecule is Cc1c(S(=O)(=O)O)ncc(C(=O)N2CCC(c3ccc(F)cc3)CC2)c1Nc1ccc(Br)cc1. The van der Waals surface area contributed by atoms with Gasteiger partial charge in [-0.3, -0.25) is 9.35 Å². The molecule has 3 aromatic rings. The van der Waals surface area contributed by atoms with Crippen LogP contribution in [0.4, 0.5) is 15.8 Å². The molecule has 4 rings (SSSR count). The Hall–Kier alpha value is -2.82. The standard InChI is InChI=1S/C24H23BrFN3O4S/c1-15-22(28-20-8-4-18(25)5-9-20)21(14-27-23(15)34(31,32)33)24(30)29-12-10-17(11-13-29)16-2-6-19(26)7-3-16/h2-9,14,17H,10-13H2,1H3,(H,27,28)(H,31,32,33). The van der Waals surface area contributed by atoms with Gasteiger partial charge in [0.05, 0.1) is 11.3 Å². The predicted molar refractivity (Wildman–Crippen MR) is 130 cm³/mol. The van der Waals surface area contributed by atoms with Crippen LogP contribution in [-0.4, -0.2) is 41.9 Å². The third kappa shape index (κ3) is 5.29. The van der Waals surface area contributed by atoms with Gasteiger partial charge in [0.1, 0.15) is 5.82 Å². The van der Waals surface area contributed by atoms with Crippen LogP contribution in [0, 0.1) is 12.7 Å². The molecule has 1 fully saturated rings. The minimum Gasteiger partial charge on any atom is -0.355 e. The van der Waals surface area contributed by atoms with Crippen molar-refractivity contribution in [1.82, 2.24) is 9.88 Å². The topological polar surface area (TPSA) is 99.6 Å². The third-order valence-electron chi connectivity index (χ3n) is 5.99. The van der Waals surface area contributed by atoms with E-state index in [0.717, 1.165) is 22.9 Å². The predicted octanol–water partition coefficient (Wildman–Crippen LogP) is 5.30. The van der Waals surface area contributed by atoms with E-state index >= 15 is 0 Å². The maximum absolute atomic E-state index is 13.4. The molecule has 0 unspecified atom stereocenters. The van der Waals surface area contributed by atoms with Gasteiger partial charge < -0.3 is 10.2 Å². The molecule has 0 saturated carbocycles. The van der Waals surface area contributed by atoms with Crippen LogP contribution >= 0.6 is 15.9 Å². The van der Waals surface area contributed by atoms with Crippen LogP contribution < -0.4 is 5.32 Å². The molecule has 1 amide bonds. The molecule has 10 heteroatoms. The van der Waals surface area contributed by atoms with Crippen molar-refractivity contribution in [3.05, 3.63) is 81.7 Å². The van der Waals surface area contributed by atoms with E-state index in [1.807, 2.05) is 12.1 Å². The van der Waals surface area contributed by atoms with Crippen molar-refractivity contribution >= 4 is 43.3 Å². The molecule has 1 aromatic heterocycles. The van der Waals surface area contributed by atoms with E-state index < -0.39 is 15.1 Å². The number of benzene rings is 2. The van der Waals surface area contributed by atoms with Crippen LogP contribution in [0.5, 0.6) is 0 Å². The second-order valence-corrected chi connectivity index (χ2v) is 10.5. The summed E-state index contributed by atoms with van der Waals surface area (Å²) < 4.78 is 47.3. The van der Waals surface area contributed by atoms with Crippen LogP contribution in [0.25, 0.3) is 0 Å². The molecular formula is C24H23BrFN3O4S. The van der Waals surface area contributed by atoms with Gasteiger partial charge in [0, 0.05) is 35.0 Å². The van der Waals surface area contributed by atoms with Gasteiger partial charge >= 0.3 is 10.1 Å². The molecule has 0 aliphatic carbocycles. The van der Waals surface area contributed by atoms with Gasteiger partial charge in [-0.25, -0.2) is 9.37 Å². The zero-order valence-corrected chi connectivity index (χ0v) is 20.7. The molecule has 1 aliphatic rings. The van der Waals surface area contributed by atoms with Gasteiger partial charge in [-0.2, -0.15) is 8.42 Å². The number of hydrogen-bond donors (Lipinski definition) is 2. The lowest BCUT2D eigenvalue weighted by Gasteiger charge is -2.33. The molecule has 0 bridgehead atoms. The zero-order valence-electron chi connectivity index (χ0n) is 18.3. The summed E-state index contributed by atoms with van der Waals surface area (Å²) in [7, 11) is -4.57. The Morgan fingerprint density at radius 1 is 1.12 bits per heavy atom. The first kappa shape index (κ1) is 24.3. The number of carbonyl (C=O) groups excluding carboxylic acids is 1. The average molecular weight is 548 g/mol. The van der Waals surface area contributed by atoms with Crippen molar-refractivity contribution in [2.75, 3.05) is 18.4 Å². The fourth-order valence-corrected chi connectivity index (χ4v) is 5.11. The summed E-state index contributed by atoms with van der Waals surface area (Å²) in [6, 6.07) is 13.6. The highest BCUT2D eigenvalue weighted by Gasteiger charge is 2.29. The Bertz CT molecular complexity index is 1310. The van der Waals surface area contributed by atoms with Gasteiger partial charge in [-0.05, 0) is 67.6 Å². The van der Waals surface area contributed by atoms with Crippen molar-refractivity contribution in [2.24, 2.45) is 0 Å². The van der Waals surface area contributed by atoms with E-state index in [0.29, 0.717) is 18.8 Å². The summed E-state index contributed by atoms with van der Waals surface area (Å²) in [5.74, 6) is -0.334. The first-order valence-electron chi connectivity index (χ1n) is 10.7. The maximum atomic E-state index is 13.4. The van der Waals surface area contributed by atoms with Gasteiger partial charge in [0.2, 0.25) is 0 Å². The van der Waals surface area contributed by atoms with E-state index in [1.165, 1.54) is 25.3 Å². The highest BCUT2D eigenvalue weighted by molar-refractivity contribution is 9.10. The van der Waals surface area contributed by atoms with E-state index in [1.54, 1.807) is 29.2 Å². The number of hydrogen-bond acceptors (Lipinski definition) is 5. The number of likely N-dealkylation sites (tertiary alicyclic amines) is 1. The second-order valence-electron chi connectivity index (χ2n) is 8.20. The number of halogens is 2. The highest BCUT2D eigenvalue weighted by atomic mass is 79.9. The largest absolute Gasteiger partial charge is 0.355 e. The van der Waals surface area contributed by atoms with Crippen LogP contribution in [0.3, 0.4) is 0 Å².